The Morgan fingerprint density at radius 2 is 2.14 bits per heavy atom. The summed E-state index contributed by atoms with van der Waals surface area (Å²) in [6.45, 7) is 3.46. The lowest BCUT2D eigenvalue weighted by Gasteiger charge is -2.31. The molecule has 0 amide bonds. The minimum atomic E-state index is -0.615. The number of aromatic nitrogens is 2. The number of piperidine rings is 1. The number of hydrogen-bond acceptors (Lipinski definition) is 3. The Kier molecular flexibility index (Phi) is 4.49. The fourth-order valence-electron chi connectivity index (χ4n) is 2.96. The van der Waals surface area contributed by atoms with Crippen molar-refractivity contribution in [3.63, 3.8) is 0 Å². The maximum atomic E-state index is 13.8. The van der Waals surface area contributed by atoms with Crippen molar-refractivity contribution in [3.05, 3.63) is 47.8 Å². The van der Waals surface area contributed by atoms with Crippen LogP contribution in [0.5, 0.6) is 0 Å². The van der Waals surface area contributed by atoms with Gasteiger partial charge in [-0.25, -0.2) is 13.5 Å². The second kappa shape index (κ2) is 6.54. The van der Waals surface area contributed by atoms with Gasteiger partial charge in [0.1, 0.15) is 11.5 Å². The molecule has 3 rings (SSSR count). The molecule has 118 valence electrons. The van der Waals surface area contributed by atoms with Crippen LogP contribution in [0, 0.1) is 17.6 Å². The van der Waals surface area contributed by atoms with Gasteiger partial charge in [-0.15, -0.1) is 0 Å². The molecule has 0 aliphatic carbocycles. The average Bonchev–Trinajstić information content (AvgIpc) is 2.95. The molecule has 0 bridgehead atoms. The monoisotopic (exact) mass is 306 g/mol. The Labute approximate surface area is 128 Å². The van der Waals surface area contributed by atoms with Gasteiger partial charge in [0.05, 0.1) is 5.69 Å². The van der Waals surface area contributed by atoms with Crippen LogP contribution in [0.4, 0.5) is 8.78 Å². The lowest BCUT2D eigenvalue weighted by Crippen LogP contribution is -2.37. The van der Waals surface area contributed by atoms with Crippen LogP contribution in [0.1, 0.15) is 18.5 Å². The minimum Gasteiger partial charge on any atom is -0.330 e. The molecule has 4 nitrogen and oxygen atoms in total. The molecule has 2 N–H and O–H groups in total. The first-order chi connectivity index (χ1) is 10.7. The standard InChI is InChI=1S/C16H20F2N4/c17-13-3-4-16(15(18)8-13)22-7-5-14(20-22)11-21-6-1-2-12(9-19)10-21/h3-5,7-8,12H,1-2,6,9-11,19H2. The zero-order valence-electron chi connectivity index (χ0n) is 12.4. The molecule has 1 aliphatic rings. The first kappa shape index (κ1) is 15.1. The highest BCUT2D eigenvalue weighted by atomic mass is 19.1. The second-order valence-corrected chi connectivity index (χ2v) is 5.83. The van der Waals surface area contributed by atoms with Gasteiger partial charge in [0, 0.05) is 25.4 Å². The zero-order chi connectivity index (χ0) is 15.5. The van der Waals surface area contributed by atoms with E-state index in [0.29, 0.717) is 12.5 Å². The van der Waals surface area contributed by atoms with E-state index in [0.717, 1.165) is 37.8 Å². The average molecular weight is 306 g/mol. The van der Waals surface area contributed by atoms with Crippen molar-refractivity contribution in [1.29, 1.82) is 0 Å². The van der Waals surface area contributed by atoms with E-state index in [9.17, 15) is 8.78 Å². The van der Waals surface area contributed by atoms with Gasteiger partial charge < -0.3 is 5.73 Å². The van der Waals surface area contributed by atoms with Crippen molar-refractivity contribution < 1.29 is 8.78 Å². The van der Waals surface area contributed by atoms with Gasteiger partial charge in [0.15, 0.2) is 5.82 Å². The quantitative estimate of drug-likeness (QED) is 0.943. The fraction of sp³-hybridized carbons (Fsp3) is 0.438. The van der Waals surface area contributed by atoms with Gasteiger partial charge in [-0.3, -0.25) is 4.90 Å². The predicted octanol–water partition coefficient (Wildman–Crippen LogP) is 2.32. The lowest BCUT2D eigenvalue weighted by molar-refractivity contribution is 0.169. The number of hydrogen-bond donors (Lipinski definition) is 1. The molecular formula is C16H20F2N4. The number of likely N-dealkylation sites (tertiary alicyclic amines) is 1. The molecule has 6 heteroatoms. The van der Waals surface area contributed by atoms with Crippen LogP contribution in [0.2, 0.25) is 0 Å². The lowest BCUT2D eigenvalue weighted by atomic mass is 9.98. The van der Waals surface area contributed by atoms with E-state index >= 15 is 0 Å². The van der Waals surface area contributed by atoms with Crippen molar-refractivity contribution >= 4 is 0 Å². The zero-order valence-corrected chi connectivity index (χ0v) is 12.4. The Morgan fingerprint density at radius 3 is 2.91 bits per heavy atom. The minimum absolute atomic E-state index is 0.256. The number of halogens is 2. The maximum Gasteiger partial charge on any atom is 0.151 e. The van der Waals surface area contributed by atoms with Crippen molar-refractivity contribution in [2.45, 2.75) is 19.4 Å². The molecule has 0 spiro atoms. The third-order valence-corrected chi connectivity index (χ3v) is 4.12. The van der Waals surface area contributed by atoms with Crippen molar-refractivity contribution in [2.75, 3.05) is 19.6 Å². The van der Waals surface area contributed by atoms with Gasteiger partial charge in [-0.2, -0.15) is 5.10 Å². The summed E-state index contributed by atoms with van der Waals surface area (Å²) in [6.07, 6.45) is 4.04. The molecule has 1 aromatic heterocycles. The molecule has 1 fully saturated rings. The van der Waals surface area contributed by atoms with Crippen molar-refractivity contribution in [1.82, 2.24) is 14.7 Å². The summed E-state index contributed by atoms with van der Waals surface area (Å²) < 4.78 is 28.2. The normalized spacial score (nSPS) is 19.5. The Morgan fingerprint density at radius 1 is 1.27 bits per heavy atom. The Bertz CT molecular complexity index is 641. The molecule has 1 unspecified atom stereocenters. The summed E-state index contributed by atoms with van der Waals surface area (Å²) in [5.74, 6) is -0.657. The van der Waals surface area contributed by atoms with E-state index in [-0.39, 0.29) is 5.69 Å². The Hall–Kier alpha value is -1.79. The smallest absolute Gasteiger partial charge is 0.151 e. The van der Waals surface area contributed by atoms with Gasteiger partial charge in [0.2, 0.25) is 0 Å². The predicted molar refractivity (Wildman–Crippen MR) is 80.5 cm³/mol. The van der Waals surface area contributed by atoms with Gasteiger partial charge >= 0.3 is 0 Å². The number of benzene rings is 1. The van der Waals surface area contributed by atoms with Crippen LogP contribution in [-0.2, 0) is 6.54 Å². The summed E-state index contributed by atoms with van der Waals surface area (Å²) in [7, 11) is 0. The third kappa shape index (κ3) is 3.34. The van der Waals surface area contributed by atoms with Crippen molar-refractivity contribution in [3.8, 4) is 5.69 Å². The maximum absolute atomic E-state index is 13.8. The SMILES string of the molecule is NCC1CCCN(Cc2ccn(-c3ccc(F)cc3F)n2)C1. The fourth-order valence-corrected chi connectivity index (χ4v) is 2.96. The summed E-state index contributed by atoms with van der Waals surface area (Å²) in [5, 5.41) is 4.40. The number of rotatable bonds is 4. The molecule has 2 aromatic rings. The van der Waals surface area contributed by atoms with Gasteiger partial charge in [0.25, 0.3) is 0 Å². The third-order valence-electron chi connectivity index (χ3n) is 4.12. The number of nitrogens with zero attached hydrogens (tertiary/aromatic N) is 3. The van der Waals surface area contributed by atoms with Crippen molar-refractivity contribution in [2.24, 2.45) is 11.7 Å². The molecule has 1 aliphatic heterocycles. The molecule has 0 radical (unpaired) electrons. The molecule has 1 saturated heterocycles. The highest BCUT2D eigenvalue weighted by Gasteiger charge is 2.19. The highest BCUT2D eigenvalue weighted by Crippen LogP contribution is 2.18. The van der Waals surface area contributed by atoms with E-state index in [1.54, 1.807) is 6.20 Å². The second-order valence-electron chi connectivity index (χ2n) is 5.83. The van der Waals surface area contributed by atoms with Crippen LogP contribution >= 0.6 is 0 Å². The van der Waals surface area contributed by atoms with Gasteiger partial charge in [-0.1, -0.05) is 0 Å². The van der Waals surface area contributed by atoms with Gasteiger partial charge in [-0.05, 0) is 50.0 Å². The number of nitrogens with two attached hydrogens (primary N) is 1. The summed E-state index contributed by atoms with van der Waals surface area (Å²) in [5.41, 5.74) is 6.88. The summed E-state index contributed by atoms with van der Waals surface area (Å²) in [4.78, 5) is 2.33. The topological polar surface area (TPSA) is 47.1 Å². The van der Waals surface area contributed by atoms with Crippen LogP contribution in [-0.4, -0.2) is 34.3 Å². The van der Waals surface area contributed by atoms with Crippen LogP contribution < -0.4 is 5.73 Å². The molecule has 1 atom stereocenters. The van der Waals surface area contributed by atoms with Crippen LogP contribution in [0.3, 0.4) is 0 Å². The highest BCUT2D eigenvalue weighted by molar-refractivity contribution is 5.33. The van der Waals surface area contributed by atoms with E-state index in [1.165, 1.54) is 23.2 Å². The molecule has 1 aromatic carbocycles. The van der Waals surface area contributed by atoms with E-state index < -0.39 is 11.6 Å². The first-order valence-electron chi connectivity index (χ1n) is 7.58. The van der Waals surface area contributed by atoms with E-state index in [4.69, 9.17) is 5.73 Å². The largest absolute Gasteiger partial charge is 0.330 e. The molecule has 0 saturated carbocycles. The van der Waals surface area contributed by atoms with E-state index in [2.05, 4.69) is 10.00 Å². The van der Waals surface area contributed by atoms with Crippen LogP contribution in [0.25, 0.3) is 5.69 Å². The molecular weight excluding hydrogens is 286 g/mol. The Balaban J connectivity index is 1.71. The summed E-state index contributed by atoms with van der Waals surface area (Å²) in [6, 6.07) is 5.37. The molecule has 2 heterocycles. The van der Waals surface area contributed by atoms with Crippen LogP contribution in [0.15, 0.2) is 30.5 Å². The van der Waals surface area contributed by atoms with E-state index in [1.807, 2.05) is 6.07 Å². The first-order valence-corrected chi connectivity index (χ1v) is 7.58. The molecule has 22 heavy (non-hydrogen) atoms. The summed E-state index contributed by atoms with van der Waals surface area (Å²) >= 11 is 0.